The quantitative estimate of drug-likeness (QED) is 0.658. The third kappa shape index (κ3) is 4.80. The number of nitrogens with two attached hydrogens (primary N) is 1. The number of carbonyl (C=O) groups is 2. The number of hydrogen-bond acceptors (Lipinski definition) is 4. The van der Waals surface area contributed by atoms with Crippen molar-refractivity contribution < 1.29 is 19.1 Å². The number of benzene rings is 1. The van der Waals surface area contributed by atoms with Gasteiger partial charge in [0.05, 0.1) is 6.61 Å². The van der Waals surface area contributed by atoms with E-state index in [1.807, 2.05) is 39.8 Å². The molecule has 0 aliphatic carbocycles. The molecular weight excluding hydrogens is 334 g/mol. The summed E-state index contributed by atoms with van der Waals surface area (Å²) in [6.45, 7) is 8.62. The molecule has 3 amide bonds. The standard InChI is InChI=1S/C19H29N3O4/c1-5-11(3)17(22-19(20)24)18(23)21-10-14-9-16-13(7-12(4)26-16)8-15(14)25-6-2/h8-9,11-12,17H,5-7,10H2,1-4H3,(H,21,23)(H3,20,22,24)/t11-,12-,17-/m0/s1. The molecule has 1 heterocycles. The first-order valence-corrected chi connectivity index (χ1v) is 9.14. The van der Waals surface area contributed by atoms with Crippen molar-refractivity contribution in [3.05, 3.63) is 23.3 Å². The molecule has 26 heavy (non-hydrogen) atoms. The van der Waals surface area contributed by atoms with Gasteiger partial charge in [0.25, 0.3) is 0 Å². The van der Waals surface area contributed by atoms with E-state index in [-0.39, 0.29) is 24.5 Å². The molecule has 1 aliphatic rings. The van der Waals surface area contributed by atoms with Crippen molar-refractivity contribution in [3.8, 4) is 11.5 Å². The maximum atomic E-state index is 12.6. The van der Waals surface area contributed by atoms with Crippen LogP contribution in [0.25, 0.3) is 0 Å². The number of urea groups is 1. The third-order valence-electron chi connectivity index (χ3n) is 4.63. The molecule has 0 unspecified atom stereocenters. The van der Waals surface area contributed by atoms with E-state index in [2.05, 4.69) is 10.6 Å². The van der Waals surface area contributed by atoms with Crippen LogP contribution >= 0.6 is 0 Å². The third-order valence-corrected chi connectivity index (χ3v) is 4.63. The van der Waals surface area contributed by atoms with Crippen LogP contribution in [0.5, 0.6) is 11.5 Å². The van der Waals surface area contributed by atoms with Gasteiger partial charge in [0.1, 0.15) is 23.6 Å². The first kappa shape index (κ1) is 19.9. The summed E-state index contributed by atoms with van der Waals surface area (Å²) in [5.74, 6) is 1.28. The van der Waals surface area contributed by atoms with Crippen LogP contribution in [0.3, 0.4) is 0 Å². The fourth-order valence-electron chi connectivity index (χ4n) is 3.06. The first-order chi connectivity index (χ1) is 12.3. The summed E-state index contributed by atoms with van der Waals surface area (Å²) >= 11 is 0. The highest BCUT2D eigenvalue weighted by molar-refractivity contribution is 5.86. The van der Waals surface area contributed by atoms with Crippen molar-refractivity contribution >= 4 is 11.9 Å². The highest BCUT2D eigenvalue weighted by atomic mass is 16.5. The Balaban J connectivity index is 2.13. The van der Waals surface area contributed by atoms with Gasteiger partial charge in [0.2, 0.25) is 5.91 Å². The molecule has 4 N–H and O–H groups in total. The summed E-state index contributed by atoms with van der Waals surface area (Å²) in [5, 5.41) is 5.40. The summed E-state index contributed by atoms with van der Waals surface area (Å²) in [6, 6.07) is 2.53. The van der Waals surface area contributed by atoms with Crippen LogP contribution in [0.4, 0.5) is 4.79 Å². The van der Waals surface area contributed by atoms with Gasteiger partial charge in [-0.05, 0) is 31.9 Å². The summed E-state index contributed by atoms with van der Waals surface area (Å²) < 4.78 is 11.5. The Hall–Kier alpha value is -2.44. The molecule has 144 valence electrons. The highest BCUT2D eigenvalue weighted by Gasteiger charge is 2.26. The molecule has 7 heteroatoms. The van der Waals surface area contributed by atoms with Gasteiger partial charge in [-0.1, -0.05) is 20.3 Å². The number of fused-ring (bicyclic) bond motifs is 1. The zero-order valence-corrected chi connectivity index (χ0v) is 15.9. The number of amides is 3. The molecule has 1 aromatic carbocycles. The molecule has 1 aromatic rings. The van der Waals surface area contributed by atoms with Crippen LogP contribution in [-0.4, -0.2) is 30.7 Å². The van der Waals surface area contributed by atoms with Gasteiger partial charge in [-0.15, -0.1) is 0 Å². The highest BCUT2D eigenvalue weighted by Crippen LogP contribution is 2.35. The largest absolute Gasteiger partial charge is 0.494 e. The molecule has 0 fully saturated rings. The zero-order valence-electron chi connectivity index (χ0n) is 15.9. The van der Waals surface area contributed by atoms with Gasteiger partial charge in [-0.2, -0.15) is 0 Å². The average molecular weight is 363 g/mol. The number of hydrogen-bond donors (Lipinski definition) is 3. The van der Waals surface area contributed by atoms with Crippen molar-refractivity contribution in [2.75, 3.05) is 6.61 Å². The van der Waals surface area contributed by atoms with Gasteiger partial charge in [0, 0.05) is 24.1 Å². The molecule has 0 radical (unpaired) electrons. The smallest absolute Gasteiger partial charge is 0.312 e. The monoisotopic (exact) mass is 363 g/mol. The van der Waals surface area contributed by atoms with E-state index in [4.69, 9.17) is 15.2 Å². The summed E-state index contributed by atoms with van der Waals surface area (Å²) in [6.07, 6.45) is 1.73. The number of nitrogens with one attached hydrogen (secondary N) is 2. The van der Waals surface area contributed by atoms with E-state index >= 15 is 0 Å². The van der Waals surface area contributed by atoms with Crippen LogP contribution in [0, 0.1) is 5.92 Å². The van der Waals surface area contributed by atoms with Crippen molar-refractivity contribution in [3.63, 3.8) is 0 Å². The Morgan fingerprint density at radius 2 is 2.12 bits per heavy atom. The second-order valence-corrected chi connectivity index (χ2v) is 6.72. The first-order valence-electron chi connectivity index (χ1n) is 9.14. The van der Waals surface area contributed by atoms with Crippen molar-refractivity contribution in [2.45, 2.75) is 59.2 Å². The van der Waals surface area contributed by atoms with Crippen LogP contribution in [0.2, 0.25) is 0 Å². The number of carbonyl (C=O) groups excluding carboxylic acids is 2. The minimum atomic E-state index is -0.708. The normalized spacial score (nSPS) is 17.6. The van der Waals surface area contributed by atoms with Gasteiger partial charge in [-0.3, -0.25) is 4.79 Å². The summed E-state index contributed by atoms with van der Waals surface area (Å²) in [7, 11) is 0. The van der Waals surface area contributed by atoms with Gasteiger partial charge in [0.15, 0.2) is 0 Å². The molecule has 1 aliphatic heterocycles. The predicted octanol–water partition coefficient (Wildman–Crippen LogP) is 2.11. The maximum absolute atomic E-state index is 12.6. The van der Waals surface area contributed by atoms with Crippen LogP contribution in [0.15, 0.2) is 12.1 Å². The SMILES string of the molecule is CCOc1cc2c(cc1CNC(=O)[C@@H](NC(N)=O)[C@@H](C)CC)O[C@@H](C)C2. The number of rotatable bonds is 8. The van der Waals surface area contributed by atoms with Crippen molar-refractivity contribution in [1.82, 2.24) is 10.6 Å². The predicted molar refractivity (Wildman–Crippen MR) is 99.2 cm³/mol. The van der Waals surface area contributed by atoms with Crippen molar-refractivity contribution in [1.29, 1.82) is 0 Å². The Morgan fingerprint density at radius 1 is 1.38 bits per heavy atom. The maximum Gasteiger partial charge on any atom is 0.312 e. The second-order valence-electron chi connectivity index (χ2n) is 6.72. The lowest BCUT2D eigenvalue weighted by atomic mass is 9.98. The minimum Gasteiger partial charge on any atom is -0.494 e. The van der Waals surface area contributed by atoms with Gasteiger partial charge < -0.3 is 25.8 Å². The van der Waals surface area contributed by atoms with Crippen molar-refractivity contribution in [2.24, 2.45) is 11.7 Å². The molecule has 3 atom stereocenters. The van der Waals surface area contributed by atoms with Gasteiger partial charge >= 0.3 is 6.03 Å². The molecule has 2 rings (SSSR count). The van der Waals surface area contributed by atoms with E-state index in [0.29, 0.717) is 6.61 Å². The Bertz CT molecular complexity index is 662. The van der Waals surface area contributed by atoms with Gasteiger partial charge in [-0.25, -0.2) is 4.79 Å². The van der Waals surface area contributed by atoms with E-state index in [1.54, 1.807) is 0 Å². The molecule has 0 saturated heterocycles. The lowest BCUT2D eigenvalue weighted by Crippen LogP contribution is -2.51. The Labute approximate surface area is 154 Å². The zero-order chi connectivity index (χ0) is 19.3. The van der Waals surface area contributed by atoms with Crippen LogP contribution in [-0.2, 0) is 17.8 Å². The minimum absolute atomic E-state index is 0.0296. The molecule has 0 aromatic heterocycles. The Kier molecular flexibility index (Phi) is 6.71. The number of primary amides is 1. The summed E-state index contributed by atoms with van der Waals surface area (Å²) in [5.41, 5.74) is 7.16. The summed E-state index contributed by atoms with van der Waals surface area (Å²) in [4.78, 5) is 23.8. The van der Waals surface area contributed by atoms with E-state index in [0.717, 1.165) is 35.5 Å². The lowest BCUT2D eigenvalue weighted by molar-refractivity contribution is -0.124. The molecule has 0 saturated carbocycles. The fourth-order valence-corrected chi connectivity index (χ4v) is 3.06. The Morgan fingerprint density at radius 3 is 2.73 bits per heavy atom. The molecule has 7 nitrogen and oxygen atoms in total. The lowest BCUT2D eigenvalue weighted by Gasteiger charge is -2.23. The molecular formula is C19H29N3O4. The number of ether oxygens (including phenoxy) is 2. The van der Waals surface area contributed by atoms with E-state index in [1.165, 1.54) is 0 Å². The topological polar surface area (TPSA) is 103 Å². The molecule has 0 bridgehead atoms. The van der Waals surface area contributed by atoms with E-state index < -0.39 is 12.1 Å². The van der Waals surface area contributed by atoms with Crippen LogP contribution in [0.1, 0.15) is 45.2 Å². The van der Waals surface area contributed by atoms with E-state index in [9.17, 15) is 9.59 Å². The second kappa shape index (κ2) is 8.78. The molecule has 0 spiro atoms. The fraction of sp³-hybridized carbons (Fsp3) is 0.579. The van der Waals surface area contributed by atoms with Crippen LogP contribution < -0.4 is 25.8 Å². The average Bonchev–Trinajstić information content (AvgIpc) is 2.95.